The Balaban J connectivity index is 1.42. The summed E-state index contributed by atoms with van der Waals surface area (Å²) in [6, 6.07) is 12.7. The number of benzene rings is 2. The molecule has 2 aliphatic heterocycles. The molecular weight excluding hydrogens is 482 g/mol. The highest BCUT2D eigenvalue weighted by Gasteiger charge is 2.38. The van der Waals surface area contributed by atoms with Crippen LogP contribution in [-0.2, 0) is 9.53 Å². The van der Waals surface area contributed by atoms with Crippen LogP contribution < -0.4 is 21.4 Å². The number of hydrazone groups is 1. The molecule has 3 amide bonds. The fourth-order valence-electron chi connectivity index (χ4n) is 5.68. The number of carbonyl (C=O) groups is 3. The van der Waals surface area contributed by atoms with Gasteiger partial charge in [-0.3, -0.25) is 9.59 Å². The molecule has 3 atom stereocenters. The molecule has 1 aliphatic carbocycles. The maximum absolute atomic E-state index is 13.6. The molecule has 3 aliphatic rings. The fraction of sp³-hybridized carbons (Fsp3) is 0.448. The summed E-state index contributed by atoms with van der Waals surface area (Å²) in [5.74, 6) is -0.791. The molecule has 1 fully saturated rings. The van der Waals surface area contributed by atoms with Crippen LogP contribution >= 0.6 is 0 Å². The van der Waals surface area contributed by atoms with E-state index >= 15 is 0 Å². The average Bonchev–Trinajstić information content (AvgIpc) is 3.16. The Bertz CT molecular complexity index is 1250. The highest BCUT2D eigenvalue weighted by atomic mass is 16.6. The van der Waals surface area contributed by atoms with Gasteiger partial charge >= 0.3 is 6.09 Å². The van der Waals surface area contributed by atoms with Crippen LogP contribution in [0.1, 0.15) is 86.3 Å². The van der Waals surface area contributed by atoms with E-state index in [2.05, 4.69) is 26.5 Å². The van der Waals surface area contributed by atoms with Gasteiger partial charge in [-0.1, -0.05) is 49.6 Å². The van der Waals surface area contributed by atoms with Crippen molar-refractivity contribution in [2.45, 2.75) is 76.5 Å². The summed E-state index contributed by atoms with van der Waals surface area (Å²) in [7, 11) is 0. The van der Waals surface area contributed by atoms with E-state index in [1.807, 2.05) is 36.4 Å². The molecule has 200 valence electrons. The van der Waals surface area contributed by atoms with Gasteiger partial charge in [-0.25, -0.2) is 10.2 Å². The lowest BCUT2D eigenvalue weighted by atomic mass is 9.83. The van der Waals surface area contributed by atoms with Gasteiger partial charge < -0.3 is 20.7 Å². The van der Waals surface area contributed by atoms with Gasteiger partial charge in [0.15, 0.2) is 0 Å². The van der Waals surface area contributed by atoms with Crippen molar-refractivity contribution in [3.8, 4) is 0 Å². The Morgan fingerprint density at radius 2 is 1.82 bits per heavy atom. The largest absolute Gasteiger partial charge is 0.444 e. The van der Waals surface area contributed by atoms with E-state index in [1.54, 1.807) is 33.1 Å². The summed E-state index contributed by atoms with van der Waals surface area (Å²) in [6.07, 6.45) is 6.00. The maximum Gasteiger partial charge on any atom is 0.408 e. The number of hydrogen-bond acceptors (Lipinski definition) is 6. The monoisotopic (exact) mass is 517 g/mol. The van der Waals surface area contributed by atoms with E-state index in [-0.39, 0.29) is 29.7 Å². The van der Waals surface area contributed by atoms with E-state index in [0.717, 1.165) is 48.9 Å². The van der Waals surface area contributed by atoms with Crippen LogP contribution in [0.15, 0.2) is 47.6 Å². The summed E-state index contributed by atoms with van der Waals surface area (Å²) >= 11 is 0. The molecule has 2 unspecified atom stereocenters. The number of nitrogens with one attached hydrogen (secondary N) is 4. The number of alkyl carbamates (subject to hydrolysis) is 1. The molecule has 9 heteroatoms. The van der Waals surface area contributed by atoms with Gasteiger partial charge in [-0.15, -0.1) is 0 Å². The molecule has 0 aromatic heterocycles. The first-order valence-electron chi connectivity index (χ1n) is 13.3. The van der Waals surface area contributed by atoms with Crippen molar-refractivity contribution < 1.29 is 19.1 Å². The second-order valence-electron chi connectivity index (χ2n) is 11.3. The van der Waals surface area contributed by atoms with Crippen LogP contribution in [0.5, 0.6) is 0 Å². The molecule has 0 bridgehead atoms. The van der Waals surface area contributed by atoms with Gasteiger partial charge in [-0.2, -0.15) is 5.10 Å². The minimum Gasteiger partial charge on any atom is -0.444 e. The molecule has 5 rings (SSSR count). The Hall–Kier alpha value is -3.88. The second-order valence-corrected chi connectivity index (χ2v) is 11.3. The van der Waals surface area contributed by atoms with E-state index in [0.29, 0.717) is 11.3 Å². The molecule has 4 N–H and O–H groups in total. The zero-order chi connectivity index (χ0) is 26.9. The molecular formula is C29H35N5O4. The standard InChI is InChI=1S/C29H35N5O4/c1-29(2,3)38-28(37)33-25(18-12-8-5-9-13-18)27(36)31-19-14-20-23-21(16-30-34-26(20)35)24(32-22(23)15-19)17-10-6-4-7-11-17/h4,6-7,10-11,14-16,18,21,24-25,32H,5,8-9,12-13H2,1-3H3,(H,31,36)(H,33,37)(H,34,35)/t21?,24?,25-/m0/s1. The molecule has 9 nitrogen and oxygen atoms in total. The van der Waals surface area contributed by atoms with Crippen molar-refractivity contribution in [3.63, 3.8) is 0 Å². The first-order chi connectivity index (χ1) is 18.2. The van der Waals surface area contributed by atoms with Crippen LogP contribution in [0.4, 0.5) is 16.2 Å². The van der Waals surface area contributed by atoms with E-state index in [1.165, 1.54) is 0 Å². The van der Waals surface area contributed by atoms with Crippen molar-refractivity contribution in [3.05, 3.63) is 59.2 Å². The third-order valence-corrected chi connectivity index (χ3v) is 7.33. The Morgan fingerprint density at radius 3 is 2.53 bits per heavy atom. The number of hydrogen-bond donors (Lipinski definition) is 4. The number of amides is 3. The number of ether oxygens (including phenoxy) is 1. The van der Waals surface area contributed by atoms with Gasteiger partial charge in [0.25, 0.3) is 5.91 Å². The number of anilines is 2. The first kappa shape index (κ1) is 25.8. The third kappa shape index (κ3) is 5.51. The Morgan fingerprint density at radius 1 is 1.08 bits per heavy atom. The first-order valence-corrected chi connectivity index (χ1v) is 13.3. The third-order valence-electron chi connectivity index (χ3n) is 7.33. The number of rotatable bonds is 5. The molecule has 2 aromatic carbocycles. The highest BCUT2D eigenvalue weighted by molar-refractivity contribution is 6.04. The van der Waals surface area contributed by atoms with Gasteiger partial charge in [0, 0.05) is 29.1 Å². The molecule has 0 radical (unpaired) electrons. The van der Waals surface area contributed by atoms with Crippen LogP contribution in [0, 0.1) is 5.92 Å². The van der Waals surface area contributed by atoms with Crippen LogP contribution in [0.3, 0.4) is 0 Å². The van der Waals surface area contributed by atoms with Crippen molar-refractivity contribution in [1.29, 1.82) is 0 Å². The quantitative estimate of drug-likeness (QED) is 0.441. The van der Waals surface area contributed by atoms with Gasteiger partial charge in [0.2, 0.25) is 5.91 Å². The lowest BCUT2D eigenvalue weighted by molar-refractivity contribution is -0.119. The van der Waals surface area contributed by atoms with E-state index in [9.17, 15) is 14.4 Å². The minimum absolute atomic E-state index is 0.00825. The fourth-order valence-corrected chi connectivity index (χ4v) is 5.68. The van der Waals surface area contributed by atoms with Crippen molar-refractivity contribution >= 4 is 35.5 Å². The minimum atomic E-state index is -0.743. The molecule has 0 spiro atoms. The van der Waals surface area contributed by atoms with Crippen LogP contribution in [-0.4, -0.2) is 35.8 Å². The van der Waals surface area contributed by atoms with Gasteiger partial charge in [0.05, 0.1) is 6.04 Å². The van der Waals surface area contributed by atoms with Crippen LogP contribution in [0.25, 0.3) is 0 Å². The molecule has 0 saturated heterocycles. The summed E-state index contributed by atoms with van der Waals surface area (Å²) in [5, 5.41) is 13.5. The Labute approximate surface area is 222 Å². The molecule has 38 heavy (non-hydrogen) atoms. The molecule has 2 aromatic rings. The van der Waals surface area contributed by atoms with Gasteiger partial charge in [0.1, 0.15) is 11.6 Å². The van der Waals surface area contributed by atoms with Crippen molar-refractivity contribution in [2.75, 3.05) is 10.6 Å². The maximum atomic E-state index is 13.6. The van der Waals surface area contributed by atoms with Crippen molar-refractivity contribution in [2.24, 2.45) is 11.0 Å². The lowest BCUT2D eigenvalue weighted by Gasteiger charge is -2.31. The predicted octanol–water partition coefficient (Wildman–Crippen LogP) is 5.08. The van der Waals surface area contributed by atoms with E-state index < -0.39 is 17.7 Å². The highest BCUT2D eigenvalue weighted by Crippen LogP contribution is 2.46. The zero-order valence-corrected chi connectivity index (χ0v) is 22.0. The summed E-state index contributed by atoms with van der Waals surface area (Å²) < 4.78 is 5.45. The Kier molecular flexibility index (Phi) is 7.10. The summed E-state index contributed by atoms with van der Waals surface area (Å²) in [4.78, 5) is 39.2. The van der Waals surface area contributed by atoms with Gasteiger partial charge in [-0.05, 0) is 62.8 Å². The van der Waals surface area contributed by atoms with Crippen molar-refractivity contribution in [1.82, 2.24) is 10.7 Å². The zero-order valence-electron chi connectivity index (χ0n) is 22.0. The average molecular weight is 518 g/mol. The van der Waals surface area contributed by atoms with E-state index in [4.69, 9.17) is 4.74 Å². The normalized spacial score (nSPS) is 21.4. The predicted molar refractivity (Wildman–Crippen MR) is 146 cm³/mol. The smallest absolute Gasteiger partial charge is 0.408 e. The summed E-state index contributed by atoms with van der Waals surface area (Å²) in [6.45, 7) is 5.37. The topological polar surface area (TPSA) is 121 Å². The number of carbonyl (C=O) groups excluding carboxylic acids is 3. The summed E-state index contributed by atoms with van der Waals surface area (Å²) in [5.41, 5.74) is 5.55. The number of nitrogens with zero attached hydrogens (tertiary/aromatic N) is 1. The SMILES string of the molecule is CC(C)(C)OC(=O)N[C@H](C(=O)Nc1cc2c3c(c1)C(=O)NN=CC3C(c1ccccc1)N2)C1CCCCC1. The molecule has 1 saturated carbocycles. The lowest BCUT2D eigenvalue weighted by Crippen LogP contribution is -2.50. The molecule has 2 heterocycles. The second kappa shape index (κ2) is 10.5. The van der Waals surface area contributed by atoms with Crippen LogP contribution in [0.2, 0.25) is 0 Å².